The first-order valence-corrected chi connectivity index (χ1v) is 13.5. The molecular formula is C28H33ClN4O5. The van der Waals surface area contributed by atoms with Gasteiger partial charge in [0.25, 0.3) is 5.78 Å². The summed E-state index contributed by atoms with van der Waals surface area (Å²) in [5.74, 6) is 0.652. The summed E-state index contributed by atoms with van der Waals surface area (Å²) in [6, 6.07) is 5.49. The van der Waals surface area contributed by atoms with Crippen molar-refractivity contribution in [1.82, 2.24) is 19.6 Å². The van der Waals surface area contributed by atoms with Crippen LogP contribution in [-0.4, -0.2) is 51.2 Å². The molecule has 9 nitrogen and oxygen atoms in total. The Morgan fingerprint density at radius 3 is 2.50 bits per heavy atom. The van der Waals surface area contributed by atoms with Crippen LogP contribution < -0.4 is 9.47 Å². The third-order valence-corrected chi connectivity index (χ3v) is 8.27. The molecule has 2 fully saturated rings. The van der Waals surface area contributed by atoms with Crippen LogP contribution in [0.5, 0.6) is 11.5 Å². The zero-order chi connectivity index (χ0) is 27.0. The molecule has 1 saturated heterocycles. The second-order valence-electron chi connectivity index (χ2n) is 10.4. The van der Waals surface area contributed by atoms with E-state index in [1.54, 1.807) is 24.8 Å². The average Bonchev–Trinajstić information content (AvgIpc) is 3.56. The number of methoxy groups -OCH3 is 2. The summed E-state index contributed by atoms with van der Waals surface area (Å²) >= 11 is 6.39. The number of hydrogen-bond donors (Lipinski definition) is 0. The Bertz CT molecular complexity index is 1360. The van der Waals surface area contributed by atoms with E-state index < -0.39 is 17.5 Å². The molecule has 0 bridgehead atoms. The van der Waals surface area contributed by atoms with Gasteiger partial charge in [0, 0.05) is 30.3 Å². The van der Waals surface area contributed by atoms with Gasteiger partial charge in [-0.15, -0.1) is 5.10 Å². The van der Waals surface area contributed by atoms with E-state index in [0.29, 0.717) is 41.0 Å². The van der Waals surface area contributed by atoms with Crippen molar-refractivity contribution in [2.24, 2.45) is 11.8 Å². The number of aromatic nitrogens is 4. The van der Waals surface area contributed by atoms with Gasteiger partial charge in [0.2, 0.25) is 0 Å². The molecule has 3 aromatic rings. The van der Waals surface area contributed by atoms with E-state index in [-0.39, 0.29) is 24.5 Å². The van der Waals surface area contributed by atoms with Gasteiger partial charge in [0.15, 0.2) is 11.6 Å². The Kier molecular flexibility index (Phi) is 7.31. The fourth-order valence-corrected chi connectivity index (χ4v) is 6.28. The maximum Gasteiger partial charge on any atom is 0.317 e. The van der Waals surface area contributed by atoms with Gasteiger partial charge in [0.05, 0.1) is 19.2 Å². The fourth-order valence-electron chi connectivity index (χ4n) is 6.02. The molecule has 0 amide bonds. The zero-order valence-electron chi connectivity index (χ0n) is 22.3. The van der Waals surface area contributed by atoms with Gasteiger partial charge in [-0.2, -0.15) is 4.98 Å². The number of fused-ring (bicyclic) bond motifs is 1. The van der Waals surface area contributed by atoms with Crippen LogP contribution in [0.4, 0.5) is 0 Å². The van der Waals surface area contributed by atoms with E-state index >= 15 is 0 Å². The number of rotatable bonds is 8. The van der Waals surface area contributed by atoms with Crippen molar-refractivity contribution in [2.45, 2.75) is 70.8 Å². The molecule has 2 atom stereocenters. The minimum Gasteiger partial charge on any atom is -0.496 e. The quantitative estimate of drug-likeness (QED) is 0.300. The number of hydrogen-bond acceptors (Lipinski definition) is 8. The Balaban J connectivity index is 1.38. The SMILES string of the molecule is COc1cc(OC)c(CCC2(C3CCCC3)CC(=O)C(Cc3nc4nc(C)cc(C)n4n3)C(=O)O2)cc1Cl. The maximum absolute atomic E-state index is 13.5. The van der Waals surface area contributed by atoms with Crippen molar-refractivity contribution in [1.29, 1.82) is 0 Å². The molecule has 2 aromatic heterocycles. The number of nitrogens with zero attached hydrogens (tertiary/aromatic N) is 4. The molecule has 0 N–H and O–H groups in total. The minimum absolute atomic E-state index is 0.0994. The molecule has 2 aliphatic rings. The first-order valence-electron chi connectivity index (χ1n) is 13.1. The summed E-state index contributed by atoms with van der Waals surface area (Å²) in [6.45, 7) is 3.81. The van der Waals surface area contributed by atoms with Gasteiger partial charge in [0.1, 0.15) is 23.0 Å². The molecule has 38 heavy (non-hydrogen) atoms. The van der Waals surface area contributed by atoms with E-state index in [1.165, 1.54) is 0 Å². The summed E-state index contributed by atoms with van der Waals surface area (Å²) in [6.07, 6.45) is 5.34. The number of benzene rings is 1. The molecule has 2 unspecified atom stereocenters. The number of carbonyl (C=O) groups is 2. The molecule has 1 aliphatic carbocycles. The van der Waals surface area contributed by atoms with Crippen LogP contribution in [0.15, 0.2) is 18.2 Å². The molecule has 3 heterocycles. The van der Waals surface area contributed by atoms with Crippen LogP contribution in [-0.2, 0) is 27.2 Å². The molecule has 1 aromatic carbocycles. The molecule has 202 valence electrons. The van der Waals surface area contributed by atoms with Crippen LogP contribution in [0.2, 0.25) is 5.02 Å². The van der Waals surface area contributed by atoms with Crippen molar-refractivity contribution in [2.75, 3.05) is 14.2 Å². The van der Waals surface area contributed by atoms with Gasteiger partial charge in [-0.05, 0) is 63.1 Å². The lowest BCUT2D eigenvalue weighted by atomic mass is 9.73. The highest BCUT2D eigenvalue weighted by Crippen LogP contribution is 2.46. The topological polar surface area (TPSA) is 105 Å². The van der Waals surface area contributed by atoms with Gasteiger partial charge in [-0.3, -0.25) is 9.59 Å². The lowest BCUT2D eigenvalue weighted by molar-refractivity contribution is -0.185. The van der Waals surface area contributed by atoms with E-state index in [9.17, 15) is 9.59 Å². The average molecular weight is 541 g/mol. The number of ether oxygens (including phenoxy) is 3. The normalized spacial score (nSPS) is 22.2. The smallest absolute Gasteiger partial charge is 0.317 e. The number of carbonyl (C=O) groups excluding carboxylic acids is 2. The molecule has 1 saturated carbocycles. The highest BCUT2D eigenvalue weighted by molar-refractivity contribution is 6.32. The minimum atomic E-state index is -0.923. The number of Topliss-reactive ketones (excluding diaryl/α,β-unsaturated/α-hetero) is 1. The number of ketones is 1. The third kappa shape index (κ3) is 4.96. The van der Waals surface area contributed by atoms with Crippen molar-refractivity contribution >= 4 is 29.1 Å². The van der Waals surface area contributed by atoms with Crippen molar-refractivity contribution in [3.8, 4) is 11.5 Å². The van der Waals surface area contributed by atoms with Crippen LogP contribution in [0.1, 0.15) is 61.3 Å². The van der Waals surface area contributed by atoms with Crippen molar-refractivity contribution < 1.29 is 23.8 Å². The first-order chi connectivity index (χ1) is 18.2. The highest BCUT2D eigenvalue weighted by atomic mass is 35.5. The summed E-state index contributed by atoms with van der Waals surface area (Å²) in [4.78, 5) is 35.8. The standard InChI is InChI=1S/C28H33ClN4O5/c1-16-11-17(2)33-27(30-16)31-25(32-33)13-20-22(34)15-28(38-26(20)35,19-7-5-6-8-19)10-9-18-12-21(29)24(37-4)14-23(18)36-3/h11-12,14,19-20H,5-10,13,15H2,1-4H3. The molecule has 0 radical (unpaired) electrons. The molecule has 0 spiro atoms. The van der Waals surface area contributed by atoms with Crippen LogP contribution in [0.25, 0.3) is 5.78 Å². The molecule has 5 rings (SSSR count). The predicted octanol–water partition coefficient (Wildman–Crippen LogP) is 4.65. The third-order valence-electron chi connectivity index (χ3n) is 7.97. The lowest BCUT2D eigenvalue weighted by Gasteiger charge is -2.43. The van der Waals surface area contributed by atoms with Crippen molar-refractivity contribution in [3.63, 3.8) is 0 Å². The number of halogens is 1. The molecular weight excluding hydrogens is 508 g/mol. The number of cyclic esters (lactones) is 1. The van der Waals surface area contributed by atoms with E-state index in [2.05, 4.69) is 15.1 Å². The highest BCUT2D eigenvalue weighted by Gasteiger charge is 2.51. The number of aryl methyl sites for hydroxylation is 3. The summed E-state index contributed by atoms with van der Waals surface area (Å²) in [7, 11) is 3.15. The molecule has 10 heteroatoms. The van der Waals surface area contributed by atoms with Crippen LogP contribution in [0, 0.1) is 25.7 Å². The number of esters is 1. The second kappa shape index (κ2) is 10.5. The Labute approximate surface area is 226 Å². The lowest BCUT2D eigenvalue weighted by Crippen LogP contribution is -2.52. The Hall–Kier alpha value is -3.20. The maximum atomic E-state index is 13.5. The van der Waals surface area contributed by atoms with E-state index in [0.717, 1.165) is 42.6 Å². The van der Waals surface area contributed by atoms with Crippen LogP contribution >= 0.6 is 11.6 Å². The summed E-state index contributed by atoms with van der Waals surface area (Å²) < 4.78 is 18.8. The van der Waals surface area contributed by atoms with Gasteiger partial charge in [-0.25, -0.2) is 9.50 Å². The summed E-state index contributed by atoms with van der Waals surface area (Å²) in [5, 5.41) is 4.98. The van der Waals surface area contributed by atoms with Crippen molar-refractivity contribution in [3.05, 3.63) is 46.0 Å². The van der Waals surface area contributed by atoms with E-state index in [4.69, 9.17) is 25.8 Å². The zero-order valence-corrected chi connectivity index (χ0v) is 23.0. The van der Waals surface area contributed by atoms with Gasteiger partial charge in [-0.1, -0.05) is 24.4 Å². The summed E-state index contributed by atoms with van der Waals surface area (Å²) in [5.41, 5.74) is 1.75. The predicted molar refractivity (Wildman–Crippen MR) is 141 cm³/mol. The first kappa shape index (κ1) is 26.4. The fraction of sp³-hybridized carbons (Fsp3) is 0.536. The van der Waals surface area contributed by atoms with Gasteiger partial charge < -0.3 is 14.2 Å². The van der Waals surface area contributed by atoms with Crippen LogP contribution in [0.3, 0.4) is 0 Å². The van der Waals surface area contributed by atoms with Gasteiger partial charge >= 0.3 is 5.97 Å². The molecule has 1 aliphatic heterocycles. The monoisotopic (exact) mass is 540 g/mol. The Morgan fingerprint density at radius 2 is 1.82 bits per heavy atom. The largest absolute Gasteiger partial charge is 0.496 e. The Morgan fingerprint density at radius 1 is 1.08 bits per heavy atom. The second-order valence-corrected chi connectivity index (χ2v) is 10.9. The van der Waals surface area contributed by atoms with E-state index in [1.807, 2.05) is 26.0 Å².